The normalized spacial score (nSPS) is 31.8. The van der Waals surface area contributed by atoms with Crippen LogP contribution in [0.3, 0.4) is 0 Å². The standard InChI is InChI=1S/C19H16ClN5O4/c1-3-4-14-17(2)28-15(11-5-6-12(20)13(7-11)25(26)27)18(8-21,9-22)19(14,10-23)16(24)29-17/h5-7,14-15,24H,3-4H2,1-2H3. The van der Waals surface area contributed by atoms with Gasteiger partial charge in [0.15, 0.2) is 5.41 Å². The second-order valence-corrected chi connectivity index (χ2v) is 7.61. The molecule has 0 saturated carbocycles. The summed E-state index contributed by atoms with van der Waals surface area (Å²) in [5.74, 6) is -2.69. The van der Waals surface area contributed by atoms with Gasteiger partial charge in [0, 0.05) is 13.0 Å². The van der Waals surface area contributed by atoms with Gasteiger partial charge in [0.1, 0.15) is 11.1 Å². The van der Waals surface area contributed by atoms with Crippen LogP contribution in [0.4, 0.5) is 5.69 Å². The molecule has 0 spiro atoms. The predicted molar refractivity (Wildman–Crippen MR) is 99.3 cm³/mol. The third-order valence-electron chi connectivity index (χ3n) is 5.76. The number of ether oxygens (including phenoxy) is 2. The van der Waals surface area contributed by atoms with Crippen LogP contribution < -0.4 is 0 Å². The van der Waals surface area contributed by atoms with Crippen LogP contribution in [0.1, 0.15) is 38.4 Å². The number of nitrogens with one attached hydrogen (secondary N) is 1. The van der Waals surface area contributed by atoms with Crippen LogP contribution in [0.15, 0.2) is 18.2 Å². The molecule has 29 heavy (non-hydrogen) atoms. The fourth-order valence-corrected chi connectivity index (χ4v) is 4.64. The summed E-state index contributed by atoms with van der Waals surface area (Å²) in [5.41, 5.74) is -4.34. The Morgan fingerprint density at radius 2 is 1.97 bits per heavy atom. The van der Waals surface area contributed by atoms with E-state index in [1.54, 1.807) is 6.92 Å². The van der Waals surface area contributed by atoms with Crippen molar-refractivity contribution in [3.63, 3.8) is 0 Å². The first-order valence-electron chi connectivity index (χ1n) is 8.80. The first kappa shape index (κ1) is 20.5. The summed E-state index contributed by atoms with van der Waals surface area (Å²) in [6.45, 7) is 3.42. The van der Waals surface area contributed by atoms with Crippen LogP contribution in [-0.2, 0) is 9.47 Å². The molecule has 2 fully saturated rings. The first-order valence-corrected chi connectivity index (χ1v) is 9.18. The maximum Gasteiger partial charge on any atom is 0.288 e. The van der Waals surface area contributed by atoms with Crippen LogP contribution in [0.25, 0.3) is 0 Å². The van der Waals surface area contributed by atoms with Crippen molar-refractivity contribution in [1.29, 1.82) is 21.2 Å². The van der Waals surface area contributed by atoms with Crippen LogP contribution in [0.2, 0.25) is 5.02 Å². The third kappa shape index (κ3) is 2.43. The van der Waals surface area contributed by atoms with Crippen molar-refractivity contribution in [3.05, 3.63) is 38.9 Å². The summed E-state index contributed by atoms with van der Waals surface area (Å²) >= 11 is 5.88. The quantitative estimate of drug-likeness (QED) is 0.576. The smallest absolute Gasteiger partial charge is 0.288 e. The van der Waals surface area contributed by atoms with E-state index >= 15 is 0 Å². The van der Waals surface area contributed by atoms with E-state index < -0.39 is 45.1 Å². The lowest BCUT2D eigenvalue weighted by Crippen LogP contribution is -2.58. The van der Waals surface area contributed by atoms with Crippen LogP contribution in [-0.4, -0.2) is 16.6 Å². The zero-order valence-corrected chi connectivity index (χ0v) is 16.4. The number of hydrogen-bond donors (Lipinski definition) is 1. The molecule has 1 aromatic carbocycles. The zero-order valence-electron chi connectivity index (χ0n) is 15.6. The van der Waals surface area contributed by atoms with Gasteiger partial charge in [-0.25, -0.2) is 0 Å². The molecule has 148 valence electrons. The molecule has 0 radical (unpaired) electrons. The van der Waals surface area contributed by atoms with Gasteiger partial charge in [-0.15, -0.1) is 0 Å². The SMILES string of the molecule is CCCC1C2(C)OC(=N)C1(C#N)C(C#N)(C#N)C(c1ccc(Cl)c([N+](=O)[O-])c1)O2. The van der Waals surface area contributed by atoms with Gasteiger partial charge in [-0.05, 0) is 18.1 Å². The van der Waals surface area contributed by atoms with Gasteiger partial charge in [0.05, 0.1) is 29.0 Å². The van der Waals surface area contributed by atoms with Crippen LogP contribution >= 0.6 is 11.6 Å². The second-order valence-electron chi connectivity index (χ2n) is 7.21. The van der Waals surface area contributed by atoms with Crippen molar-refractivity contribution in [2.24, 2.45) is 16.7 Å². The lowest BCUT2D eigenvalue weighted by atomic mass is 9.53. The fourth-order valence-electron chi connectivity index (χ4n) is 4.45. The first-order chi connectivity index (χ1) is 13.7. The van der Waals surface area contributed by atoms with E-state index in [1.165, 1.54) is 12.1 Å². The molecule has 2 aliphatic rings. The minimum atomic E-state index is -2.16. The van der Waals surface area contributed by atoms with E-state index in [4.69, 9.17) is 26.5 Å². The topological polar surface area (TPSA) is 157 Å². The van der Waals surface area contributed by atoms with Gasteiger partial charge >= 0.3 is 0 Å². The summed E-state index contributed by atoms with van der Waals surface area (Å²) in [5, 5.41) is 49.9. The van der Waals surface area contributed by atoms with Crippen molar-refractivity contribution in [3.8, 4) is 18.2 Å². The molecule has 0 amide bonds. The van der Waals surface area contributed by atoms with Gasteiger partial charge in [0.25, 0.3) is 5.69 Å². The highest BCUT2D eigenvalue weighted by Gasteiger charge is 2.79. The molecule has 2 saturated heterocycles. The van der Waals surface area contributed by atoms with Crippen molar-refractivity contribution in [2.45, 2.75) is 38.6 Å². The number of nitro benzene ring substituents is 1. The number of hydrogen-bond acceptors (Lipinski definition) is 8. The maximum atomic E-state index is 11.3. The molecule has 3 rings (SSSR count). The van der Waals surface area contributed by atoms with E-state index in [2.05, 4.69) is 0 Å². The highest BCUT2D eigenvalue weighted by atomic mass is 35.5. The Morgan fingerprint density at radius 1 is 1.31 bits per heavy atom. The Hall–Kier alpha value is -3.19. The number of nitriles is 3. The lowest BCUT2D eigenvalue weighted by Gasteiger charge is -2.48. The van der Waals surface area contributed by atoms with Gasteiger partial charge in [0.2, 0.25) is 17.1 Å². The summed E-state index contributed by atoms with van der Waals surface area (Å²) in [4.78, 5) is 10.6. The van der Waals surface area contributed by atoms with Gasteiger partial charge in [-0.2, -0.15) is 15.8 Å². The maximum absolute atomic E-state index is 11.3. The fraction of sp³-hybridized carbons (Fsp3) is 0.474. The monoisotopic (exact) mass is 413 g/mol. The van der Waals surface area contributed by atoms with Crippen molar-refractivity contribution < 1.29 is 14.4 Å². The lowest BCUT2D eigenvalue weighted by molar-refractivity contribution is -0.384. The van der Waals surface area contributed by atoms with Gasteiger partial charge < -0.3 is 9.47 Å². The van der Waals surface area contributed by atoms with E-state index in [1.807, 2.05) is 25.1 Å². The number of fused-ring (bicyclic) bond motifs is 2. The minimum absolute atomic E-state index is 0.119. The number of nitro groups is 1. The van der Waals surface area contributed by atoms with Crippen molar-refractivity contribution >= 4 is 23.2 Å². The minimum Gasteiger partial charge on any atom is -0.448 e. The summed E-state index contributed by atoms with van der Waals surface area (Å²) in [7, 11) is 0. The van der Waals surface area contributed by atoms with E-state index in [0.717, 1.165) is 6.07 Å². The average Bonchev–Trinajstić information content (AvgIpc) is 2.85. The Labute approximate surface area is 171 Å². The van der Waals surface area contributed by atoms with Crippen molar-refractivity contribution in [1.82, 2.24) is 0 Å². The van der Waals surface area contributed by atoms with Gasteiger partial charge in [-0.1, -0.05) is 31.0 Å². The molecule has 2 heterocycles. The molecule has 2 bridgehead atoms. The number of benzene rings is 1. The molecule has 1 aromatic rings. The van der Waals surface area contributed by atoms with Gasteiger partial charge in [-0.3, -0.25) is 15.5 Å². The third-order valence-corrected chi connectivity index (χ3v) is 6.08. The molecule has 9 nitrogen and oxygen atoms in total. The molecule has 10 heteroatoms. The Morgan fingerprint density at radius 3 is 2.48 bits per heavy atom. The number of nitrogens with zero attached hydrogens (tertiary/aromatic N) is 4. The highest BCUT2D eigenvalue weighted by Crippen LogP contribution is 2.67. The predicted octanol–water partition coefficient (Wildman–Crippen LogP) is 4.00. The van der Waals surface area contributed by atoms with Crippen molar-refractivity contribution in [2.75, 3.05) is 0 Å². The van der Waals surface area contributed by atoms with E-state index in [9.17, 15) is 25.9 Å². The molecular formula is C19H16ClN5O4. The molecule has 1 N–H and O–H groups in total. The summed E-state index contributed by atoms with van der Waals surface area (Å²) < 4.78 is 11.7. The van der Waals surface area contributed by atoms with Crippen LogP contribution in [0.5, 0.6) is 0 Å². The second kappa shape index (κ2) is 6.70. The van der Waals surface area contributed by atoms with E-state index in [-0.39, 0.29) is 10.6 Å². The molecular weight excluding hydrogens is 398 g/mol. The summed E-state index contributed by atoms with van der Waals surface area (Å²) in [6, 6.07) is 9.62. The molecule has 0 aliphatic carbocycles. The molecule has 0 aromatic heterocycles. The highest BCUT2D eigenvalue weighted by molar-refractivity contribution is 6.32. The summed E-state index contributed by atoms with van der Waals surface area (Å²) in [6.07, 6.45) is -0.382. The Kier molecular flexibility index (Phi) is 4.75. The zero-order chi connectivity index (χ0) is 21.6. The average molecular weight is 414 g/mol. The Bertz CT molecular complexity index is 1020. The number of rotatable bonds is 4. The molecule has 4 unspecified atom stereocenters. The molecule has 4 atom stereocenters. The Balaban J connectivity index is 2.32. The van der Waals surface area contributed by atoms with E-state index in [0.29, 0.717) is 12.8 Å². The number of halogens is 1. The van der Waals surface area contributed by atoms with Crippen LogP contribution in [0, 0.1) is 66.3 Å². The molecule has 2 aliphatic heterocycles. The largest absolute Gasteiger partial charge is 0.448 e.